The molecule has 6 atom stereocenters. The fourth-order valence-electron chi connectivity index (χ4n) is 3.07. The first-order valence-electron chi connectivity index (χ1n) is 11.6. The second-order valence-electron chi connectivity index (χ2n) is 8.56. The number of esters is 1. The zero-order chi connectivity index (χ0) is 27.8. The third-order valence-corrected chi connectivity index (χ3v) is 6.88. The maximum atomic E-state index is 13.7. The molecule has 4 N–H and O–H groups in total. The summed E-state index contributed by atoms with van der Waals surface area (Å²) in [7, 11) is -4.25. The van der Waals surface area contributed by atoms with Gasteiger partial charge in [-0.15, -0.1) is 0 Å². The van der Waals surface area contributed by atoms with Gasteiger partial charge in [-0.25, -0.2) is 4.57 Å². The molecule has 12 nitrogen and oxygen atoms in total. The standard InChI is InChI=1S/C23H34N3O9PS/c1-14(2)33-22(30)15(3)25-36(31,35-18-9-7-6-8-10-18)32-13-19(21(29)16(4)27)34-17(5)26-12-11-20(28)24-23(26)37/h6-12,14-17,19,21,27,29H,13H2,1-5H3,(H,25,31)(H,24,28,37)/t15-,16?,17+,19?,21?,36?/m0/s1. The summed E-state index contributed by atoms with van der Waals surface area (Å²) >= 11 is 5.15. The highest BCUT2D eigenvalue weighted by molar-refractivity contribution is 7.71. The van der Waals surface area contributed by atoms with Gasteiger partial charge in [0.05, 0.1) is 18.8 Å². The molecule has 0 spiro atoms. The molecule has 0 aliphatic carbocycles. The number of rotatable bonds is 14. The molecule has 1 aromatic heterocycles. The normalized spacial score (nSPS) is 17.3. The first kappa shape index (κ1) is 30.8. The van der Waals surface area contributed by atoms with Gasteiger partial charge in [0.1, 0.15) is 30.2 Å². The third kappa shape index (κ3) is 9.78. The van der Waals surface area contributed by atoms with Gasteiger partial charge in [0, 0.05) is 12.3 Å². The number of hydrogen-bond acceptors (Lipinski definition) is 10. The lowest BCUT2D eigenvalue weighted by molar-refractivity contribution is -0.149. The molecule has 0 bridgehead atoms. The number of carbonyl (C=O) groups excluding carboxylic acids is 1. The Bertz CT molecular complexity index is 1170. The van der Waals surface area contributed by atoms with E-state index in [2.05, 4.69) is 10.1 Å². The second kappa shape index (κ2) is 14.0. The van der Waals surface area contributed by atoms with E-state index in [1.54, 1.807) is 51.1 Å². The van der Waals surface area contributed by atoms with E-state index in [4.69, 9.17) is 30.7 Å². The van der Waals surface area contributed by atoms with Gasteiger partial charge >= 0.3 is 13.7 Å². The summed E-state index contributed by atoms with van der Waals surface area (Å²) in [6, 6.07) is 8.33. The van der Waals surface area contributed by atoms with Crippen LogP contribution >= 0.6 is 20.0 Å². The van der Waals surface area contributed by atoms with Crippen LogP contribution in [0.2, 0.25) is 0 Å². The van der Waals surface area contributed by atoms with Crippen LogP contribution in [-0.4, -0.2) is 62.8 Å². The molecule has 0 saturated carbocycles. The third-order valence-electron chi connectivity index (χ3n) is 4.92. The highest BCUT2D eigenvalue weighted by atomic mass is 32.1. The van der Waals surface area contributed by atoms with Crippen molar-refractivity contribution in [2.75, 3.05) is 6.61 Å². The Morgan fingerprint density at radius 1 is 1.14 bits per heavy atom. The molecule has 0 aliphatic heterocycles. The van der Waals surface area contributed by atoms with Crippen molar-refractivity contribution in [1.29, 1.82) is 0 Å². The minimum Gasteiger partial charge on any atom is -0.462 e. The molecule has 1 heterocycles. The predicted octanol–water partition coefficient (Wildman–Crippen LogP) is 2.68. The summed E-state index contributed by atoms with van der Waals surface area (Å²) < 4.78 is 37.4. The van der Waals surface area contributed by atoms with Crippen molar-refractivity contribution in [2.24, 2.45) is 0 Å². The van der Waals surface area contributed by atoms with Gasteiger partial charge in [-0.1, -0.05) is 18.2 Å². The monoisotopic (exact) mass is 559 g/mol. The summed E-state index contributed by atoms with van der Waals surface area (Å²) in [5, 5.41) is 23.1. The highest BCUT2D eigenvalue weighted by Gasteiger charge is 2.36. The van der Waals surface area contributed by atoms with Gasteiger partial charge in [-0.05, 0) is 59.0 Å². The lowest BCUT2D eigenvalue weighted by Gasteiger charge is -2.30. The Labute approximate surface area is 220 Å². The Morgan fingerprint density at radius 2 is 1.78 bits per heavy atom. The number of nitrogens with zero attached hydrogens (tertiary/aromatic N) is 1. The van der Waals surface area contributed by atoms with Crippen molar-refractivity contribution in [2.45, 2.75) is 71.3 Å². The van der Waals surface area contributed by atoms with Crippen molar-refractivity contribution in [3.8, 4) is 5.75 Å². The zero-order valence-corrected chi connectivity index (χ0v) is 23.0. The Kier molecular flexibility index (Phi) is 11.6. The molecule has 0 amide bonds. The van der Waals surface area contributed by atoms with Crippen molar-refractivity contribution >= 4 is 25.9 Å². The number of H-pyrrole nitrogens is 1. The van der Waals surface area contributed by atoms with Crippen LogP contribution in [0.3, 0.4) is 0 Å². The first-order valence-corrected chi connectivity index (χ1v) is 13.6. The minimum absolute atomic E-state index is 0.0726. The van der Waals surface area contributed by atoms with Crippen molar-refractivity contribution in [3.63, 3.8) is 0 Å². The molecule has 0 aliphatic rings. The number of benzene rings is 1. The van der Waals surface area contributed by atoms with E-state index in [-0.39, 0.29) is 10.5 Å². The molecule has 0 radical (unpaired) electrons. The van der Waals surface area contributed by atoms with Crippen LogP contribution in [0.15, 0.2) is 47.4 Å². The van der Waals surface area contributed by atoms with E-state index in [0.29, 0.717) is 0 Å². The number of aliphatic hydroxyl groups excluding tert-OH is 2. The van der Waals surface area contributed by atoms with E-state index in [9.17, 15) is 24.4 Å². The Balaban J connectivity index is 2.27. The largest absolute Gasteiger partial charge is 0.462 e. The van der Waals surface area contributed by atoms with Gasteiger partial charge in [0.15, 0.2) is 4.77 Å². The number of nitrogens with one attached hydrogen (secondary N) is 2. The molecular weight excluding hydrogens is 525 g/mol. The van der Waals surface area contributed by atoms with Crippen LogP contribution in [0.5, 0.6) is 5.75 Å². The minimum atomic E-state index is -4.25. The quantitative estimate of drug-likeness (QED) is 0.153. The number of aromatic amines is 1. The van der Waals surface area contributed by atoms with Crippen LogP contribution in [0, 0.1) is 4.77 Å². The Hall–Kier alpha value is -2.38. The zero-order valence-electron chi connectivity index (χ0n) is 21.3. The summed E-state index contributed by atoms with van der Waals surface area (Å²) in [4.78, 5) is 26.3. The van der Waals surface area contributed by atoms with Gasteiger partial charge in [-0.2, -0.15) is 5.09 Å². The van der Waals surface area contributed by atoms with Crippen molar-refractivity contribution in [3.05, 3.63) is 57.7 Å². The summed E-state index contributed by atoms with van der Waals surface area (Å²) in [5.74, 6) is -0.474. The van der Waals surface area contributed by atoms with E-state index in [0.717, 1.165) is 0 Å². The fraction of sp³-hybridized carbons (Fsp3) is 0.522. The number of para-hydroxylation sites is 1. The lowest BCUT2D eigenvalue weighted by Crippen LogP contribution is -2.42. The number of hydrogen-bond donors (Lipinski definition) is 4. The first-order chi connectivity index (χ1) is 17.3. The molecule has 14 heteroatoms. The maximum absolute atomic E-state index is 13.7. The van der Waals surface area contributed by atoms with E-state index in [1.807, 2.05) is 0 Å². The fourth-order valence-corrected chi connectivity index (χ4v) is 4.88. The van der Waals surface area contributed by atoms with E-state index < -0.39 is 62.6 Å². The average molecular weight is 560 g/mol. The molecule has 37 heavy (non-hydrogen) atoms. The van der Waals surface area contributed by atoms with Crippen LogP contribution in [-0.2, 0) is 23.4 Å². The SMILES string of the molecule is CC(C)OC(=O)[C@H](C)NP(=O)(OCC(O[C@H](C)n1ccc(=O)[nH]c1=S)C(O)C(C)O)Oc1ccccc1. The number of carbonyl (C=O) groups is 1. The maximum Gasteiger partial charge on any atom is 0.459 e. The second-order valence-corrected chi connectivity index (χ2v) is 10.6. The summed E-state index contributed by atoms with van der Waals surface area (Å²) in [5.41, 5.74) is -0.396. The van der Waals surface area contributed by atoms with Crippen LogP contribution in [0.4, 0.5) is 0 Å². The van der Waals surface area contributed by atoms with Crippen LogP contribution in [0.25, 0.3) is 0 Å². The summed E-state index contributed by atoms with van der Waals surface area (Å²) in [6.07, 6.45) is -3.75. The van der Waals surface area contributed by atoms with Gasteiger partial charge < -0.3 is 24.2 Å². The molecule has 206 valence electrons. The van der Waals surface area contributed by atoms with Gasteiger partial charge in [-0.3, -0.25) is 23.7 Å². The average Bonchev–Trinajstić information content (AvgIpc) is 2.81. The molecule has 0 fully saturated rings. The lowest BCUT2D eigenvalue weighted by atomic mass is 10.1. The number of ether oxygens (including phenoxy) is 2. The van der Waals surface area contributed by atoms with Crippen molar-refractivity contribution in [1.82, 2.24) is 14.6 Å². The topological polar surface area (TPSA) is 161 Å². The van der Waals surface area contributed by atoms with E-state index >= 15 is 0 Å². The van der Waals surface area contributed by atoms with Crippen LogP contribution < -0.4 is 15.2 Å². The van der Waals surface area contributed by atoms with Gasteiger partial charge in [0.25, 0.3) is 5.56 Å². The molecular formula is C23H34N3O9PS. The molecule has 1 aromatic carbocycles. The molecule has 2 aromatic rings. The molecule has 0 saturated heterocycles. The summed E-state index contributed by atoms with van der Waals surface area (Å²) in [6.45, 7) is 7.22. The Morgan fingerprint density at radius 3 is 2.35 bits per heavy atom. The van der Waals surface area contributed by atoms with E-state index in [1.165, 1.54) is 30.7 Å². The van der Waals surface area contributed by atoms with Crippen molar-refractivity contribution < 1.29 is 38.1 Å². The van der Waals surface area contributed by atoms with Gasteiger partial charge in [0.2, 0.25) is 0 Å². The molecule has 4 unspecified atom stereocenters. The smallest absolute Gasteiger partial charge is 0.459 e. The van der Waals surface area contributed by atoms with Crippen LogP contribution in [0.1, 0.15) is 40.8 Å². The molecule has 2 rings (SSSR count). The number of aliphatic hydroxyl groups is 2. The highest BCUT2D eigenvalue weighted by Crippen LogP contribution is 2.45. The number of aromatic nitrogens is 2. The predicted molar refractivity (Wildman–Crippen MR) is 138 cm³/mol.